The molecule has 146 valence electrons. The molecule has 1 amide bonds. The maximum absolute atomic E-state index is 12.7. The second-order valence-corrected chi connectivity index (χ2v) is 6.18. The number of amides is 1. The Labute approximate surface area is 160 Å². The third-order valence-corrected chi connectivity index (χ3v) is 4.17. The molecule has 0 unspecified atom stereocenters. The Hall–Kier alpha value is -3.06. The molecular formula is C21H19F3N2O2. The summed E-state index contributed by atoms with van der Waals surface area (Å²) in [7, 11) is 1.81. The number of nitrogens with one attached hydrogen (secondary N) is 2. The Bertz CT molecular complexity index is 970. The van der Waals surface area contributed by atoms with E-state index in [1.165, 1.54) is 12.1 Å². The Balaban J connectivity index is 1.82. The third-order valence-electron chi connectivity index (χ3n) is 4.17. The molecule has 0 bridgehead atoms. The number of hydrogen-bond acceptors (Lipinski definition) is 3. The number of carbonyl (C=O) groups is 1. The average molecular weight is 388 g/mol. The Morgan fingerprint density at radius 1 is 1.00 bits per heavy atom. The SMILES string of the molecule is CNCCNC(=O)c1ccc2c(Oc3ccc(C(F)(F)F)cc3)cccc2c1. The van der Waals surface area contributed by atoms with Gasteiger partial charge < -0.3 is 15.4 Å². The predicted molar refractivity (Wildman–Crippen MR) is 102 cm³/mol. The highest BCUT2D eigenvalue weighted by atomic mass is 19.4. The van der Waals surface area contributed by atoms with E-state index in [1.807, 2.05) is 6.07 Å². The van der Waals surface area contributed by atoms with Crippen molar-refractivity contribution in [1.82, 2.24) is 10.6 Å². The number of ether oxygens (including phenoxy) is 1. The number of rotatable bonds is 6. The summed E-state index contributed by atoms with van der Waals surface area (Å²) in [6.07, 6.45) is -4.39. The molecule has 2 N–H and O–H groups in total. The molecule has 7 heteroatoms. The van der Waals surface area contributed by atoms with Gasteiger partial charge in [-0.25, -0.2) is 0 Å². The minimum atomic E-state index is -4.39. The van der Waals surface area contributed by atoms with Gasteiger partial charge in [0.05, 0.1) is 5.56 Å². The summed E-state index contributed by atoms with van der Waals surface area (Å²) in [5, 5.41) is 7.32. The molecule has 3 rings (SSSR count). The summed E-state index contributed by atoms with van der Waals surface area (Å²) in [4.78, 5) is 12.2. The maximum atomic E-state index is 12.7. The number of fused-ring (bicyclic) bond motifs is 1. The van der Waals surface area contributed by atoms with Crippen LogP contribution in [0.15, 0.2) is 60.7 Å². The third kappa shape index (κ3) is 4.61. The van der Waals surface area contributed by atoms with E-state index >= 15 is 0 Å². The van der Waals surface area contributed by atoms with Crippen LogP contribution in [-0.2, 0) is 6.18 Å². The monoisotopic (exact) mass is 388 g/mol. The zero-order valence-corrected chi connectivity index (χ0v) is 15.1. The van der Waals surface area contributed by atoms with Crippen molar-refractivity contribution in [3.05, 3.63) is 71.8 Å². The average Bonchev–Trinajstić information content (AvgIpc) is 2.67. The first-order valence-corrected chi connectivity index (χ1v) is 8.69. The van der Waals surface area contributed by atoms with E-state index in [-0.39, 0.29) is 5.91 Å². The van der Waals surface area contributed by atoms with Gasteiger partial charge in [0.2, 0.25) is 0 Å². The molecule has 3 aromatic carbocycles. The summed E-state index contributed by atoms with van der Waals surface area (Å²) in [5.74, 6) is 0.625. The van der Waals surface area contributed by atoms with Crippen molar-refractivity contribution in [2.45, 2.75) is 6.18 Å². The van der Waals surface area contributed by atoms with Gasteiger partial charge in [-0.1, -0.05) is 12.1 Å². The summed E-state index contributed by atoms with van der Waals surface area (Å²) < 4.78 is 43.8. The molecule has 0 aliphatic rings. The van der Waals surface area contributed by atoms with Crippen LogP contribution in [-0.4, -0.2) is 26.0 Å². The molecule has 0 spiro atoms. The molecule has 28 heavy (non-hydrogen) atoms. The van der Waals surface area contributed by atoms with Crippen LogP contribution in [0, 0.1) is 0 Å². The normalized spacial score (nSPS) is 11.4. The zero-order chi connectivity index (χ0) is 20.1. The molecule has 0 fully saturated rings. The van der Waals surface area contributed by atoms with Crippen molar-refractivity contribution >= 4 is 16.7 Å². The number of hydrogen-bond donors (Lipinski definition) is 2. The van der Waals surface area contributed by atoms with Crippen LogP contribution in [0.25, 0.3) is 10.8 Å². The molecule has 0 aromatic heterocycles. The fourth-order valence-corrected chi connectivity index (χ4v) is 2.73. The van der Waals surface area contributed by atoms with Crippen molar-refractivity contribution in [3.8, 4) is 11.5 Å². The topological polar surface area (TPSA) is 50.4 Å². The number of alkyl halides is 3. The molecule has 0 heterocycles. The van der Waals surface area contributed by atoms with Crippen LogP contribution < -0.4 is 15.4 Å². The van der Waals surface area contributed by atoms with Crippen LogP contribution in [0.2, 0.25) is 0 Å². The zero-order valence-electron chi connectivity index (χ0n) is 15.1. The van der Waals surface area contributed by atoms with Crippen molar-refractivity contribution in [2.24, 2.45) is 0 Å². The Kier molecular flexibility index (Phi) is 5.84. The van der Waals surface area contributed by atoms with E-state index < -0.39 is 11.7 Å². The highest BCUT2D eigenvalue weighted by Gasteiger charge is 2.30. The van der Waals surface area contributed by atoms with Crippen LogP contribution >= 0.6 is 0 Å². The van der Waals surface area contributed by atoms with Gasteiger partial charge >= 0.3 is 6.18 Å². The van der Waals surface area contributed by atoms with Crippen molar-refractivity contribution in [2.75, 3.05) is 20.1 Å². The van der Waals surface area contributed by atoms with E-state index in [2.05, 4.69) is 10.6 Å². The van der Waals surface area contributed by atoms with Gasteiger partial charge in [0.15, 0.2) is 0 Å². The Morgan fingerprint density at radius 3 is 2.43 bits per heavy atom. The number of halogens is 3. The van der Waals surface area contributed by atoms with E-state index in [0.717, 1.165) is 22.9 Å². The highest BCUT2D eigenvalue weighted by Crippen LogP contribution is 2.33. The molecule has 3 aromatic rings. The van der Waals surface area contributed by atoms with Gasteiger partial charge in [0.25, 0.3) is 5.91 Å². The van der Waals surface area contributed by atoms with Crippen LogP contribution in [0.3, 0.4) is 0 Å². The standard InChI is InChI=1S/C21H19F3N2O2/c1-25-11-12-26-20(27)15-5-10-18-14(13-15)3-2-4-19(18)28-17-8-6-16(7-9-17)21(22,23)24/h2-10,13,25H,11-12H2,1H3,(H,26,27). The fourth-order valence-electron chi connectivity index (χ4n) is 2.73. The van der Waals surface area contributed by atoms with Gasteiger partial charge in [-0.15, -0.1) is 0 Å². The molecule has 0 saturated carbocycles. The van der Waals surface area contributed by atoms with Crippen LogP contribution in [0.5, 0.6) is 11.5 Å². The van der Waals surface area contributed by atoms with Crippen molar-refractivity contribution < 1.29 is 22.7 Å². The van der Waals surface area contributed by atoms with E-state index in [4.69, 9.17) is 4.74 Å². The molecule has 0 aliphatic heterocycles. The van der Waals surface area contributed by atoms with Crippen molar-refractivity contribution in [3.63, 3.8) is 0 Å². The molecule has 4 nitrogen and oxygen atoms in total. The van der Waals surface area contributed by atoms with Crippen LogP contribution in [0.1, 0.15) is 15.9 Å². The van der Waals surface area contributed by atoms with E-state index in [0.29, 0.717) is 30.2 Å². The summed E-state index contributed by atoms with van der Waals surface area (Å²) in [6, 6.07) is 15.1. The van der Waals surface area contributed by atoms with Gasteiger partial charge in [-0.05, 0) is 61.0 Å². The summed E-state index contributed by atoms with van der Waals surface area (Å²) in [5.41, 5.74) is -0.206. The van der Waals surface area contributed by atoms with Gasteiger partial charge in [0.1, 0.15) is 11.5 Å². The predicted octanol–water partition coefficient (Wildman–Crippen LogP) is 4.60. The summed E-state index contributed by atoms with van der Waals surface area (Å²) in [6.45, 7) is 1.19. The lowest BCUT2D eigenvalue weighted by molar-refractivity contribution is -0.137. The van der Waals surface area contributed by atoms with Gasteiger partial charge in [0, 0.05) is 24.0 Å². The second kappa shape index (κ2) is 8.31. The lowest BCUT2D eigenvalue weighted by atomic mass is 10.1. The van der Waals surface area contributed by atoms with Crippen molar-refractivity contribution in [1.29, 1.82) is 0 Å². The molecule has 0 atom stereocenters. The minimum Gasteiger partial charge on any atom is -0.457 e. The Morgan fingerprint density at radius 2 is 1.75 bits per heavy atom. The molecule has 0 radical (unpaired) electrons. The maximum Gasteiger partial charge on any atom is 0.416 e. The first-order valence-electron chi connectivity index (χ1n) is 8.69. The molecular weight excluding hydrogens is 369 g/mol. The van der Waals surface area contributed by atoms with Gasteiger partial charge in [-0.3, -0.25) is 4.79 Å². The first kappa shape index (κ1) is 19.7. The quantitative estimate of drug-likeness (QED) is 0.607. The fraction of sp³-hybridized carbons (Fsp3) is 0.190. The minimum absolute atomic E-state index is 0.175. The lowest BCUT2D eigenvalue weighted by Gasteiger charge is -2.12. The second-order valence-electron chi connectivity index (χ2n) is 6.18. The highest BCUT2D eigenvalue weighted by molar-refractivity contribution is 5.99. The number of benzene rings is 3. The largest absolute Gasteiger partial charge is 0.457 e. The van der Waals surface area contributed by atoms with Gasteiger partial charge in [-0.2, -0.15) is 13.2 Å². The smallest absolute Gasteiger partial charge is 0.416 e. The number of likely N-dealkylation sites (N-methyl/N-ethyl adjacent to an activating group) is 1. The molecule has 0 saturated heterocycles. The van der Waals surface area contributed by atoms with Crippen LogP contribution in [0.4, 0.5) is 13.2 Å². The van der Waals surface area contributed by atoms with E-state index in [9.17, 15) is 18.0 Å². The van der Waals surface area contributed by atoms with E-state index in [1.54, 1.807) is 37.4 Å². The first-order chi connectivity index (χ1) is 13.4. The number of carbonyl (C=O) groups excluding carboxylic acids is 1. The summed E-state index contributed by atoms with van der Waals surface area (Å²) >= 11 is 0. The molecule has 0 aliphatic carbocycles. The lowest BCUT2D eigenvalue weighted by Crippen LogP contribution is -2.30.